The Labute approximate surface area is 193 Å². The van der Waals surface area contributed by atoms with Crippen LogP contribution in [0.1, 0.15) is 23.5 Å². The van der Waals surface area contributed by atoms with E-state index in [1.807, 2.05) is 18.2 Å². The van der Waals surface area contributed by atoms with Crippen molar-refractivity contribution in [3.63, 3.8) is 0 Å². The number of primary amides is 1. The number of hydrogen-bond acceptors (Lipinski definition) is 7. The first kappa shape index (κ1) is 21.3. The zero-order valence-corrected chi connectivity index (χ0v) is 17.8. The predicted molar refractivity (Wildman–Crippen MR) is 123 cm³/mol. The number of hydrogen-bond donors (Lipinski definition) is 2. The van der Waals surface area contributed by atoms with E-state index >= 15 is 0 Å². The first-order chi connectivity index (χ1) is 16.4. The molecule has 0 fully saturated rings. The Hall–Kier alpha value is -4.59. The normalized spacial score (nSPS) is 14.9. The quantitative estimate of drug-likeness (QED) is 0.347. The Morgan fingerprint density at radius 1 is 1.06 bits per heavy atom. The van der Waals surface area contributed by atoms with Crippen LogP contribution in [-0.4, -0.2) is 23.6 Å². The van der Waals surface area contributed by atoms with Gasteiger partial charge in [-0.15, -0.1) is 0 Å². The molecule has 0 saturated carbocycles. The van der Waals surface area contributed by atoms with Crippen molar-refractivity contribution < 1.29 is 28.6 Å². The van der Waals surface area contributed by atoms with Gasteiger partial charge in [-0.25, -0.2) is 0 Å². The molecule has 1 aliphatic heterocycles. The number of esters is 1. The molecule has 170 valence electrons. The molecule has 3 N–H and O–H groups in total. The summed E-state index contributed by atoms with van der Waals surface area (Å²) in [6.07, 6.45) is -0.0224. The van der Waals surface area contributed by atoms with Crippen LogP contribution in [-0.2, 0) is 9.59 Å². The van der Waals surface area contributed by atoms with E-state index in [2.05, 4.69) is 0 Å². The van der Waals surface area contributed by atoms with Gasteiger partial charge >= 0.3 is 5.97 Å². The molecule has 8 nitrogen and oxygen atoms in total. The lowest BCUT2D eigenvalue weighted by Gasteiger charge is -2.26. The third kappa shape index (κ3) is 3.86. The number of phenolic OH excluding ortho intramolecular Hbond substituents is 1. The third-order valence-corrected chi connectivity index (χ3v) is 5.62. The average Bonchev–Trinajstić information content (AvgIpc) is 2.82. The maximum atomic E-state index is 13.0. The molecule has 8 heteroatoms. The molecule has 3 aromatic carbocycles. The zero-order valence-electron chi connectivity index (χ0n) is 17.8. The Kier molecular flexibility index (Phi) is 5.25. The van der Waals surface area contributed by atoms with Crippen molar-refractivity contribution >= 4 is 22.8 Å². The fourth-order valence-electron chi connectivity index (χ4n) is 4.16. The standard InChI is InChI=1S/C26H19NO7/c27-22(30)13-32-16-8-4-7-15(9-16)17-10-23(31)33-21-12-19(29)25-18(28)11-20(34-26(25)24(17)21)14-5-2-1-3-6-14/h1-9,11-12,17,29H,10,13H2,(H2,27,30). The van der Waals surface area contributed by atoms with Gasteiger partial charge in [-0.3, -0.25) is 14.4 Å². The van der Waals surface area contributed by atoms with Crippen LogP contribution < -0.4 is 20.6 Å². The largest absolute Gasteiger partial charge is 0.507 e. The van der Waals surface area contributed by atoms with Crippen LogP contribution in [0.2, 0.25) is 0 Å². The van der Waals surface area contributed by atoms with Crippen LogP contribution in [0.5, 0.6) is 17.2 Å². The van der Waals surface area contributed by atoms with Crippen molar-refractivity contribution in [2.75, 3.05) is 6.61 Å². The summed E-state index contributed by atoms with van der Waals surface area (Å²) < 4.78 is 17.0. The number of rotatable bonds is 5. The third-order valence-electron chi connectivity index (χ3n) is 5.62. The van der Waals surface area contributed by atoms with Crippen molar-refractivity contribution in [1.82, 2.24) is 0 Å². The molecule has 0 spiro atoms. The minimum Gasteiger partial charge on any atom is -0.507 e. The monoisotopic (exact) mass is 457 g/mol. The molecular weight excluding hydrogens is 438 g/mol. The van der Waals surface area contributed by atoms with Gasteiger partial charge in [0.2, 0.25) is 0 Å². The number of phenols is 1. The van der Waals surface area contributed by atoms with E-state index in [-0.39, 0.29) is 35.5 Å². The smallest absolute Gasteiger partial charge is 0.312 e. The number of fused-ring (bicyclic) bond motifs is 3. The number of carbonyl (C=O) groups excluding carboxylic acids is 2. The molecular formula is C26H19NO7. The number of benzene rings is 3. The van der Waals surface area contributed by atoms with Gasteiger partial charge in [0.15, 0.2) is 12.0 Å². The van der Waals surface area contributed by atoms with Gasteiger partial charge in [-0.2, -0.15) is 0 Å². The predicted octanol–water partition coefficient (Wildman–Crippen LogP) is 3.47. The lowest BCUT2D eigenvalue weighted by atomic mass is 9.85. The van der Waals surface area contributed by atoms with Crippen LogP contribution >= 0.6 is 0 Å². The van der Waals surface area contributed by atoms with E-state index < -0.39 is 23.2 Å². The fourth-order valence-corrected chi connectivity index (χ4v) is 4.16. The highest BCUT2D eigenvalue weighted by Crippen LogP contribution is 2.46. The second-order valence-electron chi connectivity index (χ2n) is 7.91. The highest BCUT2D eigenvalue weighted by atomic mass is 16.5. The van der Waals surface area contributed by atoms with Crippen molar-refractivity contribution in [2.45, 2.75) is 12.3 Å². The van der Waals surface area contributed by atoms with Crippen molar-refractivity contribution in [3.05, 3.63) is 88.1 Å². The maximum absolute atomic E-state index is 13.0. The summed E-state index contributed by atoms with van der Waals surface area (Å²) in [4.78, 5) is 36.5. The van der Waals surface area contributed by atoms with Gasteiger partial charge in [0.25, 0.3) is 5.91 Å². The molecule has 1 amide bonds. The van der Waals surface area contributed by atoms with E-state index in [0.29, 0.717) is 28.2 Å². The Morgan fingerprint density at radius 3 is 2.62 bits per heavy atom. The molecule has 1 aromatic heterocycles. The maximum Gasteiger partial charge on any atom is 0.312 e. The average molecular weight is 457 g/mol. The topological polar surface area (TPSA) is 129 Å². The van der Waals surface area contributed by atoms with Crippen LogP contribution in [0, 0.1) is 0 Å². The molecule has 1 atom stereocenters. The highest BCUT2D eigenvalue weighted by Gasteiger charge is 2.33. The number of ether oxygens (including phenoxy) is 2. The second-order valence-corrected chi connectivity index (χ2v) is 7.91. The molecule has 1 unspecified atom stereocenters. The summed E-state index contributed by atoms with van der Waals surface area (Å²) in [6, 6.07) is 18.5. The summed E-state index contributed by atoms with van der Waals surface area (Å²) in [5.41, 5.74) is 6.72. The Morgan fingerprint density at radius 2 is 1.85 bits per heavy atom. The van der Waals surface area contributed by atoms with Crippen LogP contribution in [0.25, 0.3) is 22.3 Å². The number of carbonyl (C=O) groups is 2. The molecule has 0 radical (unpaired) electrons. The molecule has 4 aromatic rings. The lowest BCUT2D eigenvalue weighted by molar-refractivity contribution is -0.135. The molecule has 5 rings (SSSR count). The molecule has 0 aliphatic carbocycles. The van der Waals surface area contributed by atoms with Crippen LogP contribution in [0.15, 0.2) is 75.9 Å². The molecule has 34 heavy (non-hydrogen) atoms. The van der Waals surface area contributed by atoms with Crippen LogP contribution in [0.4, 0.5) is 0 Å². The zero-order chi connectivity index (χ0) is 23.8. The minimum absolute atomic E-state index is 0.00233. The molecule has 0 saturated heterocycles. The summed E-state index contributed by atoms with van der Waals surface area (Å²) in [6.45, 7) is -0.293. The summed E-state index contributed by atoms with van der Waals surface area (Å²) in [7, 11) is 0. The fraction of sp³-hybridized carbons (Fsp3) is 0.115. The Bertz CT molecular complexity index is 1490. The van der Waals surface area contributed by atoms with Crippen molar-refractivity contribution in [3.8, 4) is 28.6 Å². The van der Waals surface area contributed by atoms with Gasteiger partial charge in [-0.1, -0.05) is 42.5 Å². The molecule has 0 bridgehead atoms. The number of amides is 1. The van der Waals surface area contributed by atoms with Gasteiger partial charge in [0.05, 0.1) is 6.42 Å². The number of aromatic hydroxyl groups is 1. The first-order valence-electron chi connectivity index (χ1n) is 10.5. The summed E-state index contributed by atoms with van der Waals surface area (Å²) in [5, 5.41) is 10.6. The minimum atomic E-state index is -0.617. The summed E-state index contributed by atoms with van der Waals surface area (Å²) in [5.74, 6) is -1.18. The van der Waals surface area contributed by atoms with Gasteiger partial charge < -0.3 is 24.7 Å². The SMILES string of the molecule is NC(=O)COc1cccc(C2CC(=O)Oc3cc(O)c4c(=O)cc(-c5ccccc5)oc4c32)c1. The van der Waals surface area contributed by atoms with Crippen molar-refractivity contribution in [2.24, 2.45) is 5.73 Å². The highest BCUT2D eigenvalue weighted by molar-refractivity contribution is 5.93. The van der Waals surface area contributed by atoms with E-state index in [0.717, 1.165) is 0 Å². The van der Waals surface area contributed by atoms with E-state index in [1.165, 1.54) is 12.1 Å². The van der Waals surface area contributed by atoms with Gasteiger partial charge in [-0.05, 0) is 17.7 Å². The number of nitrogens with two attached hydrogens (primary N) is 1. The lowest BCUT2D eigenvalue weighted by Crippen LogP contribution is -2.22. The Balaban J connectivity index is 1.72. The van der Waals surface area contributed by atoms with Crippen LogP contribution in [0.3, 0.4) is 0 Å². The van der Waals surface area contributed by atoms with E-state index in [1.54, 1.807) is 36.4 Å². The van der Waals surface area contributed by atoms with Gasteiger partial charge in [0.1, 0.15) is 34.0 Å². The van der Waals surface area contributed by atoms with Crippen molar-refractivity contribution in [1.29, 1.82) is 0 Å². The first-order valence-corrected chi connectivity index (χ1v) is 10.5. The summed E-state index contributed by atoms with van der Waals surface area (Å²) >= 11 is 0. The molecule has 2 heterocycles. The second kappa shape index (κ2) is 8.40. The van der Waals surface area contributed by atoms with E-state index in [4.69, 9.17) is 19.6 Å². The van der Waals surface area contributed by atoms with E-state index in [9.17, 15) is 19.5 Å². The van der Waals surface area contributed by atoms with Gasteiger partial charge in [0, 0.05) is 29.2 Å². The molecule has 1 aliphatic rings.